The Morgan fingerprint density at radius 2 is 1.33 bits per heavy atom. The number of hydroxylamine groups is 2. The van der Waals surface area contributed by atoms with Crippen molar-refractivity contribution in [3.63, 3.8) is 0 Å². The van der Waals surface area contributed by atoms with Gasteiger partial charge in [-0.05, 0) is 16.7 Å². The van der Waals surface area contributed by atoms with Crippen molar-refractivity contribution >= 4 is 17.7 Å². The molecule has 8 nitrogen and oxygen atoms in total. The molecule has 0 aliphatic heterocycles. The molecule has 0 aromatic heterocycles. The van der Waals surface area contributed by atoms with Crippen molar-refractivity contribution in [2.75, 3.05) is 14.2 Å². The van der Waals surface area contributed by atoms with Crippen molar-refractivity contribution in [3.8, 4) is 0 Å². The number of fused-ring (bicyclic) bond motifs is 5. The van der Waals surface area contributed by atoms with Crippen LogP contribution in [0.1, 0.15) is 28.5 Å². The van der Waals surface area contributed by atoms with Gasteiger partial charge in [-0.1, -0.05) is 54.6 Å². The van der Waals surface area contributed by atoms with Crippen LogP contribution in [0.3, 0.4) is 0 Å². The van der Waals surface area contributed by atoms with Crippen LogP contribution in [0.4, 0.5) is 0 Å². The zero-order valence-electron chi connectivity index (χ0n) is 16.3. The lowest BCUT2D eigenvalue weighted by molar-refractivity contribution is -0.191. The molecule has 2 bridgehead atoms. The van der Waals surface area contributed by atoms with Crippen LogP contribution in [0.25, 0.3) is 0 Å². The first-order valence-electron chi connectivity index (χ1n) is 9.41. The summed E-state index contributed by atoms with van der Waals surface area (Å²) in [4.78, 5) is 38.9. The van der Waals surface area contributed by atoms with E-state index in [0.29, 0.717) is 16.7 Å². The van der Waals surface area contributed by atoms with Gasteiger partial charge in [-0.15, -0.1) is 0 Å². The number of ether oxygens (including phenoxy) is 2. The van der Waals surface area contributed by atoms with Gasteiger partial charge in [0.15, 0.2) is 5.78 Å². The van der Waals surface area contributed by atoms with Crippen molar-refractivity contribution in [2.24, 2.45) is 11.8 Å². The molecular formula is C22H20NO7-. The monoisotopic (exact) mass is 410 g/mol. The number of Topliss-reactive ketones (excluding diaryl/α,β-unsaturated/α-hetero) is 1. The highest BCUT2D eigenvalue weighted by atomic mass is 16.8. The summed E-state index contributed by atoms with van der Waals surface area (Å²) in [6.45, 7) is 0. The van der Waals surface area contributed by atoms with Gasteiger partial charge in [0.05, 0.1) is 19.8 Å². The Balaban J connectivity index is 2.12. The fourth-order valence-corrected chi connectivity index (χ4v) is 5.31. The summed E-state index contributed by atoms with van der Waals surface area (Å²) in [6, 6.07) is 15.2. The maximum Gasteiger partial charge on any atom is 0.316 e. The summed E-state index contributed by atoms with van der Waals surface area (Å²) in [7, 11) is 2.27. The van der Waals surface area contributed by atoms with Gasteiger partial charge in [0.1, 0.15) is 11.8 Å². The molecule has 2 aliphatic rings. The van der Waals surface area contributed by atoms with Crippen molar-refractivity contribution in [2.45, 2.75) is 17.4 Å². The average Bonchev–Trinajstić information content (AvgIpc) is 3.00. The summed E-state index contributed by atoms with van der Waals surface area (Å²) in [5, 5.41) is 23.2. The van der Waals surface area contributed by atoms with E-state index in [1.165, 1.54) is 0 Å². The third kappa shape index (κ3) is 2.48. The molecule has 2 aromatic rings. The number of carbonyl (C=O) groups excluding carboxylic acids is 3. The van der Waals surface area contributed by atoms with Crippen LogP contribution in [0.2, 0.25) is 0 Å². The fourth-order valence-electron chi connectivity index (χ4n) is 5.31. The second-order valence-electron chi connectivity index (χ2n) is 7.45. The molecule has 4 unspecified atom stereocenters. The van der Waals surface area contributed by atoms with Crippen LogP contribution in [0, 0.1) is 17.0 Å². The Bertz CT molecular complexity index is 951. The maximum absolute atomic E-state index is 13.4. The summed E-state index contributed by atoms with van der Waals surface area (Å²) in [5.41, 5.74) is -0.340. The Labute approximate surface area is 172 Å². The quantitative estimate of drug-likeness (QED) is 0.463. The minimum absolute atomic E-state index is 0.212. The van der Waals surface area contributed by atoms with Crippen molar-refractivity contribution in [1.29, 1.82) is 0 Å². The number of hydrogen-bond donors (Lipinski definition) is 1. The molecule has 30 heavy (non-hydrogen) atoms. The van der Waals surface area contributed by atoms with E-state index in [1.807, 2.05) is 0 Å². The molecule has 0 spiro atoms. The molecule has 0 heterocycles. The van der Waals surface area contributed by atoms with Crippen molar-refractivity contribution in [1.82, 2.24) is 5.23 Å². The minimum atomic E-state index is -1.80. The van der Waals surface area contributed by atoms with Crippen LogP contribution in [-0.4, -0.2) is 42.4 Å². The van der Waals surface area contributed by atoms with E-state index in [1.54, 1.807) is 54.6 Å². The first kappa shape index (κ1) is 20.2. The van der Waals surface area contributed by atoms with Crippen molar-refractivity contribution < 1.29 is 29.1 Å². The zero-order valence-corrected chi connectivity index (χ0v) is 16.3. The number of methoxy groups -OCH3 is 2. The normalized spacial score (nSPS) is 29.4. The van der Waals surface area contributed by atoms with E-state index in [4.69, 9.17) is 9.47 Å². The van der Waals surface area contributed by atoms with Crippen LogP contribution in [-0.2, 0) is 29.4 Å². The zero-order chi connectivity index (χ0) is 21.6. The molecule has 4 rings (SSSR count). The summed E-state index contributed by atoms with van der Waals surface area (Å²) in [6.07, 6.45) is 0. The van der Waals surface area contributed by atoms with E-state index in [-0.39, 0.29) is 5.23 Å². The van der Waals surface area contributed by atoms with E-state index >= 15 is 0 Å². The lowest BCUT2D eigenvalue weighted by Crippen LogP contribution is -2.60. The Morgan fingerprint density at radius 3 is 1.73 bits per heavy atom. The topological polar surface area (TPSA) is 116 Å². The molecule has 2 aliphatic carbocycles. The van der Waals surface area contributed by atoms with Gasteiger partial charge in [0, 0.05) is 11.8 Å². The Hall–Kier alpha value is -3.07. The number of nitrogens with zero attached hydrogens (tertiary/aromatic N) is 1. The molecule has 1 N–H and O–H groups in total. The van der Waals surface area contributed by atoms with E-state index in [9.17, 15) is 24.8 Å². The predicted octanol–water partition coefficient (Wildman–Crippen LogP) is 2.11. The Kier molecular flexibility index (Phi) is 4.93. The van der Waals surface area contributed by atoms with Crippen LogP contribution in [0.5, 0.6) is 0 Å². The van der Waals surface area contributed by atoms with Gasteiger partial charge in [0.2, 0.25) is 0 Å². The third-order valence-corrected chi connectivity index (χ3v) is 6.36. The predicted molar refractivity (Wildman–Crippen MR) is 103 cm³/mol. The SMILES string of the molecule is COC(=O)C1C(=O)C(C(=O)OC)C2c3ccccc3C1C2(c1ccccc1)N([O-])O. The second-order valence-corrected chi connectivity index (χ2v) is 7.45. The van der Waals surface area contributed by atoms with Gasteiger partial charge in [-0.3, -0.25) is 19.6 Å². The number of benzene rings is 2. The summed E-state index contributed by atoms with van der Waals surface area (Å²) >= 11 is 0. The number of esters is 2. The average molecular weight is 410 g/mol. The lowest BCUT2D eigenvalue weighted by Gasteiger charge is -2.54. The van der Waals surface area contributed by atoms with Gasteiger partial charge in [-0.25, -0.2) is 0 Å². The van der Waals surface area contributed by atoms with Crippen molar-refractivity contribution in [3.05, 3.63) is 76.5 Å². The molecule has 0 amide bonds. The Morgan fingerprint density at radius 1 is 0.900 bits per heavy atom. The highest BCUT2D eigenvalue weighted by Gasteiger charge is 2.69. The molecule has 2 aromatic carbocycles. The van der Waals surface area contributed by atoms with Crippen LogP contribution < -0.4 is 0 Å². The standard InChI is InChI=1S/C22H20NO7/c1-29-20(25)15-17-13-10-6-7-11-14(13)18(16(19(15)24)21(26)30-2)22(17,23(27)28)12-8-4-3-5-9-12/h3-11,15-18,27H,1-2H3/q-1. The molecule has 0 radical (unpaired) electrons. The largest absolute Gasteiger partial charge is 0.762 e. The second kappa shape index (κ2) is 7.32. The highest BCUT2D eigenvalue weighted by Crippen LogP contribution is 2.66. The van der Waals surface area contributed by atoms with E-state index in [2.05, 4.69) is 0 Å². The minimum Gasteiger partial charge on any atom is -0.762 e. The maximum atomic E-state index is 13.4. The number of hydrogen-bond acceptors (Lipinski definition) is 8. The molecule has 1 saturated carbocycles. The van der Waals surface area contributed by atoms with Crippen LogP contribution >= 0.6 is 0 Å². The molecular weight excluding hydrogens is 390 g/mol. The van der Waals surface area contributed by atoms with E-state index < -0.39 is 46.9 Å². The third-order valence-electron chi connectivity index (χ3n) is 6.36. The van der Waals surface area contributed by atoms with Gasteiger partial charge in [-0.2, -0.15) is 0 Å². The number of rotatable bonds is 4. The summed E-state index contributed by atoms with van der Waals surface area (Å²) in [5.74, 6) is -7.49. The molecule has 0 saturated heterocycles. The molecule has 4 atom stereocenters. The highest BCUT2D eigenvalue weighted by molar-refractivity contribution is 6.11. The van der Waals surface area contributed by atoms with Gasteiger partial charge >= 0.3 is 11.9 Å². The van der Waals surface area contributed by atoms with Gasteiger partial charge in [0.25, 0.3) is 0 Å². The smallest absolute Gasteiger partial charge is 0.316 e. The van der Waals surface area contributed by atoms with Crippen LogP contribution in [0.15, 0.2) is 54.6 Å². The van der Waals surface area contributed by atoms with Gasteiger partial charge < -0.3 is 19.9 Å². The van der Waals surface area contributed by atoms with E-state index in [0.717, 1.165) is 14.2 Å². The number of carbonyl (C=O) groups is 3. The molecule has 8 heteroatoms. The first-order valence-corrected chi connectivity index (χ1v) is 9.41. The first-order chi connectivity index (χ1) is 14.4. The fraction of sp³-hybridized carbons (Fsp3) is 0.318. The summed E-state index contributed by atoms with van der Waals surface area (Å²) < 4.78 is 9.76. The number of ketones is 1. The molecule has 156 valence electrons. The lowest BCUT2D eigenvalue weighted by atomic mass is 9.57. The molecule has 1 fully saturated rings.